The summed E-state index contributed by atoms with van der Waals surface area (Å²) in [6.45, 7) is 2.23. The van der Waals surface area contributed by atoms with E-state index in [1.54, 1.807) is 0 Å². The summed E-state index contributed by atoms with van der Waals surface area (Å²) in [6.07, 6.45) is 21.9. The zero-order valence-electron chi connectivity index (χ0n) is 12.2. The number of carboxylic acids is 1. The van der Waals surface area contributed by atoms with Gasteiger partial charge in [0.2, 0.25) is 0 Å². The van der Waals surface area contributed by atoms with Gasteiger partial charge in [-0.15, -0.1) is 0 Å². The molecule has 0 saturated carbocycles. The Bertz CT molecular complexity index is 288. The highest BCUT2D eigenvalue weighted by molar-refractivity contribution is 5.66. The first-order valence-electron chi connectivity index (χ1n) is 7.45. The first-order chi connectivity index (χ1) is 9.27. The van der Waals surface area contributed by atoms with Crippen LogP contribution in [0.25, 0.3) is 0 Å². The van der Waals surface area contributed by atoms with Crippen LogP contribution in [0.3, 0.4) is 0 Å². The number of aliphatic carboxylic acids is 1. The molecule has 0 heterocycles. The molecule has 0 aliphatic heterocycles. The van der Waals surface area contributed by atoms with Crippen LogP contribution in [0.2, 0.25) is 0 Å². The molecule has 0 aliphatic carbocycles. The zero-order valence-corrected chi connectivity index (χ0v) is 12.2. The van der Waals surface area contributed by atoms with Gasteiger partial charge in [0.15, 0.2) is 0 Å². The first-order valence-corrected chi connectivity index (χ1v) is 7.45. The predicted octanol–water partition coefficient (Wildman–Crippen LogP) is 5.27. The Morgan fingerprint density at radius 2 is 1.63 bits per heavy atom. The second-order valence-electron chi connectivity index (χ2n) is 4.70. The number of hydrogen-bond acceptors (Lipinski definition) is 1. The van der Waals surface area contributed by atoms with E-state index < -0.39 is 5.97 Å². The van der Waals surface area contributed by atoms with Crippen molar-refractivity contribution in [1.82, 2.24) is 0 Å². The van der Waals surface area contributed by atoms with Crippen LogP contribution in [0.4, 0.5) is 0 Å². The fourth-order valence-corrected chi connectivity index (χ4v) is 1.68. The van der Waals surface area contributed by atoms with Crippen molar-refractivity contribution in [2.45, 2.75) is 64.7 Å². The van der Waals surface area contributed by atoms with Crippen LogP contribution < -0.4 is 0 Å². The van der Waals surface area contributed by atoms with E-state index in [-0.39, 0.29) is 6.42 Å². The number of hydrogen-bond donors (Lipinski definition) is 1. The van der Waals surface area contributed by atoms with Crippen molar-refractivity contribution in [1.29, 1.82) is 0 Å². The predicted molar refractivity (Wildman–Crippen MR) is 82.3 cm³/mol. The molecule has 0 rings (SSSR count). The molecule has 0 radical (unpaired) electrons. The van der Waals surface area contributed by atoms with Gasteiger partial charge in [-0.2, -0.15) is 0 Å². The molecule has 0 aliphatic rings. The van der Waals surface area contributed by atoms with Gasteiger partial charge in [-0.1, -0.05) is 62.6 Å². The van der Waals surface area contributed by atoms with Gasteiger partial charge in [0.05, 0.1) is 0 Å². The number of rotatable bonds is 12. The third kappa shape index (κ3) is 16.7. The van der Waals surface area contributed by atoms with E-state index in [1.165, 1.54) is 32.1 Å². The van der Waals surface area contributed by atoms with Gasteiger partial charge in [0.1, 0.15) is 0 Å². The lowest BCUT2D eigenvalue weighted by Crippen LogP contribution is -1.92. The fourth-order valence-electron chi connectivity index (χ4n) is 1.68. The van der Waals surface area contributed by atoms with Crippen LogP contribution in [0.5, 0.6) is 0 Å². The lowest BCUT2D eigenvalue weighted by molar-refractivity contribution is -0.137. The highest BCUT2D eigenvalue weighted by Gasteiger charge is 1.92. The molecule has 1 N–H and O–H groups in total. The summed E-state index contributed by atoms with van der Waals surface area (Å²) in [4.78, 5) is 10.3. The van der Waals surface area contributed by atoms with Crippen LogP contribution in [-0.4, -0.2) is 11.1 Å². The summed E-state index contributed by atoms with van der Waals surface area (Å²) in [5.41, 5.74) is 0. The maximum atomic E-state index is 10.3. The maximum absolute atomic E-state index is 10.3. The Hall–Kier alpha value is -1.31. The van der Waals surface area contributed by atoms with Crippen molar-refractivity contribution < 1.29 is 9.90 Å². The van der Waals surface area contributed by atoms with Crippen molar-refractivity contribution in [2.75, 3.05) is 0 Å². The van der Waals surface area contributed by atoms with Crippen LogP contribution in [0, 0.1) is 0 Å². The summed E-state index contributed by atoms with van der Waals surface area (Å²) < 4.78 is 0. The molecule has 0 unspecified atom stereocenters. The molecule has 2 heteroatoms. The van der Waals surface area contributed by atoms with E-state index >= 15 is 0 Å². The Morgan fingerprint density at radius 1 is 0.895 bits per heavy atom. The summed E-state index contributed by atoms with van der Waals surface area (Å²) in [5, 5.41) is 8.46. The highest BCUT2D eigenvalue weighted by atomic mass is 16.4. The standard InChI is InChI=1S/C17H28O2/c1-2-3-4-5-6-7-8-9-10-11-12-13-14-15-16-17(18)19/h7-10,12-13H,2-6,11,14-16H2,1H3,(H,18,19). The molecule has 0 spiro atoms. The van der Waals surface area contributed by atoms with Crippen molar-refractivity contribution in [2.24, 2.45) is 0 Å². The average Bonchev–Trinajstić information content (AvgIpc) is 2.39. The van der Waals surface area contributed by atoms with Gasteiger partial charge in [-0.05, 0) is 32.1 Å². The quantitative estimate of drug-likeness (QED) is 0.296. The van der Waals surface area contributed by atoms with Gasteiger partial charge in [-0.3, -0.25) is 4.79 Å². The average molecular weight is 264 g/mol. The second-order valence-corrected chi connectivity index (χ2v) is 4.70. The van der Waals surface area contributed by atoms with E-state index in [1.807, 2.05) is 0 Å². The molecule has 0 fully saturated rings. The van der Waals surface area contributed by atoms with Crippen molar-refractivity contribution in [3.8, 4) is 0 Å². The number of unbranched alkanes of at least 4 members (excludes halogenated alkanes) is 5. The lowest BCUT2D eigenvalue weighted by Gasteiger charge is -1.92. The Morgan fingerprint density at radius 3 is 2.37 bits per heavy atom. The highest BCUT2D eigenvalue weighted by Crippen LogP contribution is 2.03. The lowest BCUT2D eigenvalue weighted by atomic mass is 10.1. The first kappa shape index (κ1) is 17.7. The number of carbonyl (C=O) groups is 1. The topological polar surface area (TPSA) is 37.3 Å². The van der Waals surface area contributed by atoms with Gasteiger partial charge in [0, 0.05) is 6.42 Å². The normalized spacial score (nSPS) is 12.1. The van der Waals surface area contributed by atoms with Crippen LogP contribution in [0.1, 0.15) is 64.7 Å². The van der Waals surface area contributed by atoms with Crippen LogP contribution in [0.15, 0.2) is 36.5 Å². The fraction of sp³-hybridized carbons (Fsp3) is 0.588. The summed E-state index contributed by atoms with van der Waals surface area (Å²) >= 11 is 0. The molecule has 0 aromatic rings. The second kappa shape index (κ2) is 14.7. The molecule has 0 aromatic heterocycles. The molecule has 0 atom stereocenters. The van der Waals surface area contributed by atoms with E-state index in [0.717, 1.165) is 19.3 Å². The molecule has 108 valence electrons. The van der Waals surface area contributed by atoms with E-state index in [0.29, 0.717) is 0 Å². The Balaban J connectivity index is 3.35. The molecular formula is C17H28O2. The van der Waals surface area contributed by atoms with Gasteiger partial charge in [-0.25, -0.2) is 0 Å². The monoisotopic (exact) mass is 264 g/mol. The third-order valence-corrected chi connectivity index (χ3v) is 2.81. The summed E-state index contributed by atoms with van der Waals surface area (Å²) in [6, 6.07) is 0. The van der Waals surface area contributed by atoms with Crippen LogP contribution >= 0.6 is 0 Å². The van der Waals surface area contributed by atoms with Gasteiger partial charge >= 0.3 is 5.97 Å². The largest absolute Gasteiger partial charge is 0.481 e. The van der Waals surface area contributed by atoms with Crippen LogP contribution in [-0.2, 0) is 4.79 Å². The number of carboxylic acid groups (broad SMARTS) is 1. The molecule has 0 aromatic carbocycles. The minimum atomic E-state index is -0.711. The number of allylic oxidation sites excluding steroid dienone is 6. The molecule has 0 amide bonds. The third-order valence-electron chi connectivity index (χ3n) is 2.81. The molecule has 0 bridgehead atoms. The minimum Gasteiger partial charge on any atom is -0.481 e. The maximum Gasteiger partial charge on any atom is 0.303 e. The summed E-state index contributed by atoms with van der Waals surface area (Å²) in [5.74, 6) is -0.711. The molecular weight excluding hydrogens is 236 g/mol. The van der Waals surface area contributed by atoms with Crippen molar-refractivity contribution in [3.63, 3.8) is 0 Å². The van der Waals surface area contributed by atoms with E-state index in [2.05, 4.69) is 43.4 Å². The van der Waals surface area contributed by atoms with Gasteiger partial charge < -0.3 is 5.11 Å². The molecule has 0 saturated heterocycles. The Kier molecular flexibility index (Phi) is 13.7. The van der Waals surface area contributed by atoms with Crippen molar-refractivity contribution in [3.05, 3.63) is 36.5 Å². The Labute approximate surface area is 117 Å². The van der Waals surface area contributed by atoms with E-state index in [9.17, 15) is 4.79 Å². The minimum absolute atomic E-state index is 0.265. The SMILES string of the molecule is CCCCCCC=CC=CCC=CCCCC(=O)O. The van der Waals surface area contributed by atoms with Crippen molar-refractivity contribution >= 4 is 5.97 Å². The zero-order chi connectivity index (χ0) is 14.2. The van der Waals surface area contributed by atoms with Gasteiger partial charge in [0.25, 0.3) is 0 Å². The van der Waals surface area contributed by atoms with E-state index in [4.69, 9.17) is 5.11 Å². The summed E-state index contributed by atoms with van der Waals surface area (Å²) in [7, 11) is 0. The molecule has 2 nitrogen and oxygen atoms in total. The smallest absolute Gasteiger partial charge is 0.303 e. The molecule has 19 heavy (non-hydrogen) atoms.